The number of phosphoric acid groups is 3. The SMILES string of the molecule is CCCCCCC(O)CCCSCCNC(=O)CCNC(=O)C(O)C(C)(C)COP(=O)(O)OP(=O)(O)OC[C@H]1O[C@@H](n2cnc3c(N)ncnc32)[C@H](O)[C@@H]1OP(=O)(O)O. The second-order valence-electron chi connectivity index (χ2n) is 14.3. The van der Waals surface area contributed by atoms with Crippen LogP contribution >= 0.6 is 35.2 Å². The molecule has 24 nitrogen and oxygen atoms in total. The number of imidazole rings is 1. The number of phosphoric ester groups is 3. The first-order valence-electron chi connectivity index (χ1n) is 18.7. The summed E-state index contributed by atoms with van der Waals surface area (Å²) in [5.74, 6) is 0.197. The number of thioether (sulfide) groups is 1. The Hall–Kier alpha value is -2.15. The first kappa shape index (κ1) is 51.2. The highest BCUT2D eigenvalue weighted by Crippen LogP contribution is 2.61. The quantitative estimate of drug-likeness (QED) is 0.0424. The summed E-state index contributed by atoms with van der Waals surface area (Å²) in [6, 6.07) is 0. The summed E-state index contributed by atoms with van der Waals surface area (Å²) in [6.45, 7) is 2.96. The van der Waals surface area contributed by atoms with Gasteiger partial charge in [-0.05, 0) is 25.0 Å². The van der Waals surface area contributed by atoms with Gasteiger partial charge in [-0.2, -0.15) is 16.1 Å². The van der Waals surface area contributed by atoms with Crippen LogP contribution in [-0.2, 0) is 45.9 Å². The van der Waals surface area contributed by atoms with Crippen LogP contribution in [0.15, 0.2) is 12.7 Å². The van der Waals surface area contributed by atoms with Crippen molar-refractivity contribution in [2.45, 2.75) is 109 Å². The fourth-order valence-electron chi connectivity index (χ4n) is 5.68. The van der Waals surface area contributed by atoms with Crippen LogP contribution in [0.5, 0.6) is 0 Å². The number of anilines is 1. The van der Waals surface area contributed by atoms with E-state index in [0.717, 1.165) is 61.5 Å². The maximum Gasteiger partial charge on any atom is 0.481 e. The van der Waals surface area contributed by atoms with Gasteiger partial charge in [0.2, 0.25) is 11.8 Å². The first-order valence-corrected chi connectivity index (χ1v) is 24.4. The second-order valence-corrected chi connectivity index (χ2v) is 19.8. The third kappa shape index (κ3) is 17.3. The van der Waals surface area contributed by atoms with Gasteiger partial charge in [0.15, 0.2) is 17.7 Å². The molecule has 2 amide bonds. The molecule has 0 spiro atoms. The number of carbonyl (C=O) groups excluding carboxylic acids is 2. The first-order chi connectivity index (χ1) is 27.6. The largest absolute Gasteiger partial charge is 0.481 e. The van der Waals surface area contributed by atoms with Crippen molar-refractivity contribution < 1.29 is 80.8 Å². The third-order valence-corrected chi connectivity index (χ3v) is 13.0. The van der Waals surface area contributed by atoms with Crippen molar-refractivity contribution in [1.82, 2.24) is 30.2 Å². The molecule has 0 bridgehead atoms. The molecule has 0 radical (unpaired) electrons. The molecular weight excluding hydrogens is 867 g/mol. The van der Waals surface area contributed by atoms with Gasteiger partial charge in [0.1, 0.15) is 36.3 Å². The second kappa shape index (κ2) is 23.3. The van der Waals surface area contributed by atoms with Crippen molar-refractivity contribution in [3.05, 3.63) is 12.7 Å². The molecule has 28 heteroatoms. The number of fused-ring (bicyclic) bond motifs is 1. The zero-order valence-electron chi connectivity index (χ0n) is 32.8. The van der Waals surface area contributed by atoms with Crippen LogP contribution in [0.25, 0.3) is 11.2 Å². The van der Waals surface area contributed by atoms with Gasteiger partial charge in [-0.25, -0.2) is 28.6 Å². The van der Waals surface area contributed by atoms with E-state index in [-0.39, 0.29) is 42.0 Å². The monoisotopic (exact) mass is 923 g/mol. The number of nitrogens with one attached hydrogen (secondary N) is 2. The maximum absolute atomic E-state index is 12.7. The smallest absolute Gasteiger partial charge is 0.393 e. The number of aliphatic hydroxyl groups excluding tert-OH is 3. The normalized spacial score (nSPS) is 21.8. The van der Waals surface area contributed by atoms with E-state index in [1.165, 1.54) is 20.3 Å². The van der Waals surface area contributed by atoms with Crippen molar-refractivity contribution >= 4 is 64.0 Å². The molecule has 1 aliphatic rings. The fourth-order valence-corrected chi connectivity index (χ4v) is 9.33. The highest BCUT2D eigenvalue weighted by Gasteiger charge is 2.50. The lowest BCUT2D eigenvalue weighted by molar-refractivity contribution is -0.137. The Bertz CT molecular complexity index is 1810. The average molecular weight is 924 g/mol. The minimum absolute atomic E-state index is 0.0364. The van der Waals surface area contributed by atoms with Crippen LogP contribution in [0.1, 0.15) is 78.4 Å². The number of amides is 2. The molecule has 2 aromatic heterocycles. The zero-order chi connectivity index (χ0) is 44.0. The van der Waals surface area contributed by atoms with Crippen LogP contribution < -0.4 is 16.4 Å². The molecule has 0 aliphatic carbocycles. The van der Waals surface area contributed by atoms with E-state index in [9.17, 15) is 58.2 Å². The Morgan fingerprint density at radius 2 is 1.68 bits per heavy atom. The van der Waals surface area contributed by atoms with E-state index in [1.807, 2.05) is 0 Å². The Balaban J connectivity index is 1.41. The summed E-state index contributed by atoms with van der Waals surface area (Å²) >= 11 is 1.65. The van der Waals surface area contributed by atoms with Crippen molar-refractivity contribution in [3.63, 3.8) is 0 Å². The molecule has 59 heavy (non-hydrogen) atoms. The fraction of sp³-hybridized carbons (Fsp3) is 0.774. The number of hydrogen-bond donors (Lipinski definition) is 10. The standard InChI is InChI=1S/C31H56N7O17P3S/c1-4-5-6-7-9-20(39)10-8-14-59-15-13-33-22(40)11-12-34-29(43)26(42)31(2,3)17-52-58(49,50)55-57(47,48)51-16-21-25(54-56(44,45)46)24(41)30(53-21)38-19-37-23-27(32)35-18-36-28(23)38/h18-21,24-26,30,39,41-42H,4-17H2,1-3H3,(H,33,40)(H,34,43)(H,47,48)(H,49,50)(H2,32,35,36)(H2,44,45,46)/t20?,21-,24-,25-,26?,30-/m1/s1. The molecular formula is C31H56N7O17P3S. The van der Waals surface area contributed by atoms with E-state index in [1.54, 1.807) is 11.8 Å². The number of ether oxygens (including phenoxy) is 1. The van der Waals surface area contributed by atoms with Crippen molar-refractivity contribution in [1.29, 1.82) is 0 Å². The molecule has 0 aromatic carbocycles. The molecule has 1 fully saturated rings. The molecule has 8 atom stereocenters. The summed E-state index contributed by atoms with van der Waals surface area (Å²) in [4.78, 5) is 75.8. The van der Waals surface area contributed by atoms with Gasteiger partial charge in [-0.15, -0.1) is 0 Å². The predicted octanol–water partition coefficient (Wildman–Crippen LogP) is 1.25. The number of nitrogens with two attached hydrogens (primary N) is 1. The number of hydrogen-bond acceptors (Lipinski definition) is 18. The minimum Gasteiger partial charge on any atom is -0.393 e. The summed E-state index contributed by atoms with van der Waals surface area (Å²) < 4.78 is 62.3. The molecule has 11 N–H and O–H groups in total. The molecule has 3 rings (SSSR count). The lowest BCUT2D eigenvalue weighted by Crippen LogP contribution is -2.46. The molecule has 4 unspecified atom stereocenters. The van der Waals surface area contributed by atoms with Crippen LogP contribution in [0.4, 0.5) is 5.82 Å². The number of nitrogen functional groups attached to an aromatic ring is 1. The molecule has 0 saturated carbocycles. The van der Waals surface area contributed by atoms with Crippen molar-refractivity contribution in [3.8, 4) is 0 Å². The number of unbranched alkanes of at least 4 members (excludes halogenated alkanes) is 3. The zero-order valence-corrected chi connectivity index (χ0v) is 36.3. The van der Waals surface area contributed by atoms with Gasteiger partial charge in [0.25, 0.3) is 0 Å². The number of rotatable bonds is 28. The van der Waals surface area contributed by atoms with Gasteiger partial charge in [0, 0.05) is 30.7 Å². The number of nitrogens with zero attached hydrogens (tertiary/aromatic N) is 4. The third-order valence-electron chi connectivity index (χ3n) is 8.86. The number of aromatic nitrogens is 4. The lowest BCUT2D eigenvalue weighted by atomic mass is 9.87. The van der Waals surface area contributed by atoms with Crippen LogP contribution in [0, 0.1) is 5.41 Å². The van der Waals surface area contributed by atoms with Gasteiger partial charge >= 0.3 is 23.5 Å². The van der Waals surface area contributed by atoms with Crippen molar-refractivity contribution in [2.24, 2.45) is 5.41 Å². The molecule has 1 saturated heterocycles. The number of carbonyl (C=O) groups is 2. The highest BCUT2D eigenvalue weighted by atomic mass is 32.2. The topological polar surface area (TPSA) is 367 Å². The minimum atomic E-state index is -5.56. The average Bonchev–Trinajstić information content (AvgIpc) is 3.71. The molecule has 338 valence electrons. The Morgan fingerprint density at radius 1 is 0.983 bits per heavy atom. The molecule has 3 heterocycles. The lowest BCUT2D eigenvalue weighted by Gasteiger charge is -2.30. The van der Waals surface area contributed by atoms with E-state index in [2.05, 4.69) is 41.3 Å². The Labute approximate surface area is 344 Å². The van der Waals surface area contributed by atoms with Crippen LogP contribution in [-0.4, -0.2) is 135 Å². The molecule has 1 aliphatic heterocycles. The highest BCUT2D eigenvalue weighted by molar-refractivity contribution is 7.99. The summed E-state index contributed by atoms with van der Waals surface area (Å²) in [5, 5.41) is 36.7. The summed E-state index contributed by atoms with van der Waals surface area (Å²) in [5.41, 5.74) is 4.30. The summed E-state index contributed by atoms with van der Waals surface area (Å²) in [6.07, 6.45) is -0.157. The van der Waals surface area contributed by atoms with Gasteiger partial charge in [-0.3, -0.25) is 27.7 Å². The van der Waals surface area contributed by atoms with Crippen LogP contribution in [0.2, 0.25) is 0 Å². The molecule has 2 aromatic rings. The van der Waals surface area contributed by atoms with Gasteiger partial charge in [0.05, 0.1) is 25.6 Å². The number of aliphatic hydroxyl groups is 3. The van der Waals surface area contributed by atoms with E-state index < -0.39 is 78.6 Å². The van der Waals surface area contributed by atoms with Gasteiger partial charge in [-0.1, -0.05) is 46.5 Å². The summed E-state index contributed by atoms with van der Waals surface area (Å²) in [7, 11) is -16.4. The Morgan fingerprint density at radius 3 is 2.37 bits per heavy atom. The van der Waals surface area contributed by atoms with Gasteiger partial charge < -0.3 is 56.0 Å². The van der Waals surface area contributed by atoms with E-state index in [4.69, 9.17) is 19.5 Å². The van der Waals surface area contributed by atoms with E-state index in [0.29, 0.717) is 12.3 Å². The maximum atomic E-state index is 12.7. The van der Waals surface area contributed by atoms with Crippen LogP contribution in [0.3, 0.4) is 0 Å². The van der Waals surface area contributed by atoms with E-state index >= 15 is 0 Å². The van der Waals surface area contributed by atoms with Crippen molar-refractivity contribution in [2.75, 3.05) is 43.5 Å². The predicted molar refractivity (Wildman–Crippen MR) is 211 cm³/mol. The Kier molecular flexibility index (Phi) is 20.3.